The number of likely N-dealkylation sites (tertiary alicyclic amines) is 1. The van der Waals surface area contributed by atoms with E-state index in [1.54, 1.807) is 7.11 Å². The molecule has 1 saturated heterocycles. The smallest absolute Gasteiger partial charge is 0.384 e. The number of nitrogens with zero attached hydrogens (tertiary/aromatic N) is 1. The molecule has 1 N–H and O–H groups in total. The first-order valence-corrected chi connectivity index (χ1v) is 19.1. The summed E-state index contributed by atoms with van der Waals surface area (Å²) in [5.41, 5.74) is 0. The number of likely N-dealkylation sites (N-methyl/N-ethyl adjacent to an activating group) is 1. The molecule has 8 heteroatoms. The van der Waals surface area contributed by atoms with Gasteiger partial charge < -0.3 is 14.1 Å². The van der Waals surface area contributed by atoms with Crippen LogP contribution in [0.4, 0.5) is 0 Å². The van der Waals surface area contributed by atoms with E-state index in [0.717, 1.165) is 35.6 Å². The first-order valence-electron chi connectivity index (χ1n) is 16.4. The molecule has 1 aliphatic rings. The number of ether oxygens (including phenoxy) is 1. The van der Waals surface area contributed by atoms with Gasteiger partial charge in [0.2, 0.25) is 0 Å². The maximum atomic E-state index is 12.4. The maximum absolute atomic E-state index is 12.4. The van der Waals surface area contributed by atoms with Crippen molar-refractivity contribution >= 4 is 19.6 Å². The van der Waals surface area contributed by atoms with Crippen LogP contribution in [0.25, 0.3) is 0 Å². The Balaban J connectivity index is 1.95. The lowest BCUT2D eigenvalue weighted by atomic mass is 10.0. The lowest BCUT2D eigenvalue weighted by Crippen LogP contribution is -2.49. The second-order valence-electron chi connectivity index (χ2n) is 12.1. The zero-order chi connectivity index (χ0) is 28.5. The second kappa shape index (κ2) is 24.9. The fourth-order valence-corrected chi connectivity index (χ4v) is 7.38. The minimum Gasteiger partial charge on any atom is -0.384 e. The molecular formula is C31H65NO5PS+. The molecule has 0 aromatic heterocycles. The monoisotopic (exact) mass is 594 g/mol. The minimum atomic E-state index is -4.02. The predicted molar refractivity (Wildman–Crippen MR) is 169 cm³/mol. The Morgan fingerprint density at radius 1 is 0.769 bits per heavy atom. The van der Waals surface area contributed by atoms with Gasteiger partial charge in [-0.15, -0.1) is 0 Å². The van der Waals surface area contributed by atoms with E-state index in [4.69, 9.17) is 13.8 Å². The van der Waals surface area contributed by atoms with Gasteiger partial charge in [0, 0.05) is 18.8 Å². The summed E-state index contributed by atoms with van der Waals surface area (Å²) in [4.78, 5) is 10.1. The van der Waals surface area contributed by atoms with Crippen molar-refractivity contribution in [3.63, 3.8) is 0 Å². The van der Waals surface area contributed by atoms with Crippen LogP contribution in [0.15, 0.2) is 0 Å². The van der Waals surface area contributed by atoms with E-state index >= 15 is 0 Å². The number of piperidine rings is 1. The lowest BCUT2D eigenvalue weighted by molar-refractivity contribution is -0.914. The number of rotatable bonds is 28. The van der Waals surface area contributed by atoms with Gasteiger partial charge in [-0.3, -0.25) is 9.05 Å². The van der Waals surface area contributed by atoms with Gasteiger partial charge in [0.1, 0.15) is 13.2 Å². The molecule has 2 atom stereocenters. The van der Waals surface area contributed by atoms with Gasteiger partial charge in [0.05, 0.1) is 33.4 Å². The first kappa shape index (κ1) is 37.4. The average molecular weight is 595 g/mol. The third-order valence-corrected chi connectivity index (χ3v) is 10.4. The fourth-order valence-electron chi connectivity index (χ4n) is 5.49. The molecule has 0 aliphatic carbocycles. The van der Waals surface area contributed by atoms with E-state index in [2.05, 4.69) is 14.0 Å². The van der Waals surface area contributed by atoms with Gasteiger partial charge in [0.15, 0.2) is 0 Å². The number of thioether (sulfide) groups is 1. The second-order valence-corrected chi connectivity index (χ2v) is 14.8. The van der Waals surface area contributed by atoms with Crippen molar-refractivity contribution in [2.75, 3.05) is 65.1 Å². The van der Waals surface area contributed by atoms with Crippen LogP contribution in [0, 0.1) is 5.92 Å². The number of unbranched alkanes of at least 4 members (excludes halogenated alkanes) is 15. The molecule has 2 unspecified atom stereocenters. The minimum absolute atomic E-state index is 0.0942. The summed E-state index contributed by atoms with van der Waals surface area (Å²) in [7, 11) is -0.144. The van der Waals surface area contributed by atoms with E-state index in [0.29, 0.717) is 6.61 Å². The van der Waals surface area contributed by atoms with Crippen molar-refractivity contribution in [1.29, 1.82) is 0 Å². The van der Waals surface area contributed by atoms with Crippen LogP contribution in [-0.4, -0.2) is 74.5 Å². The highest BCUT2D eigenvalue weighted by Gasteiger charge is 2.28. The number of hydrogen-bond donors (Lipinski definition) is 1. The van der Waals surface area contributed by atoms with Gasteiger partial charge >= 0.3 is 7.82 Å². The van der Waals surface area contributed by atoms with Crippen molar-refractivity contribution < 1.29 is 27.7 Å². The Kier molecular flexibility index (Phi) is 23.9. The van der Waals surface area contributed by atoms with Gasteiger partial charge in [-0.25, -0.2) is 4.57 Å². The third kappa shape index (κ3) is 22.6. The van der Waals surface area contributed by atoms with Gasteiger partial charge in [-0.05, 0) is 31.4 Å². The van der Waals surface area contributed by atoms with Crippen molar-refractivity contribution in [2.45, 2.75) is 129 Å². The zero-order valence-corrected chi connectivity index (χ0v) is 27.8. The Labute approximate surface area is 246 Å². The highest BCUT2D eigenvalue weighted by molar-refractivity contribution is 7.99. The summed E-state index contributed by atoms with van der Waals surface area (Å²) in [5.74, 6) is 2.10. The molecule has 0 bridgehead atoms. The molecule has 39 heavy (non-hydrogen) atoms. The normalized spacial score (nSPS) is 17.7. The van der Waals surface area contributed by atoms with Gasteiger partial charge in [0.25, 0.3) is 0 Å². The Morgan fingerprint density at radius 3 is 1.79 bits per heavy atom. The molecule has 0 spiro atoms. The standard InChI is InChI=1S/C31H64NO5PS/c1-4-5-6-7-8-9-10-11-12-13-14-15-16-17-18-22-27-39-30-31(28-35-3)29-37-38(33,34)36-26-25-32(2)23-20-19-21-24-32/h31H,4-30H2,1-3H3/p+1. The van der Waals surface area contributed by atoms with Crippen LogP contribution in [0.5, 0.6) is 0 Å². The SMILES string of the molecule is CCCCCCCCCCCCCCCCCCSCC(COC)COP(=O)(O)OCC[N+]1(C)CCCCC1. The largest absolute Gasteiger partial charge is 0.472 e. The molecule has 1 rings (SSSR count). The maximum Gasteiger partial charge on any atom is 0.472 e. The quantitative estimate of drug-likeness (QED) is 0.0554. The van der Waals surface area contributed by atoms with Crippen LogP contribution < -0.4 is 0 Å². The molecule has 0 aromatic carbocycles. The zero-order valence-electron chi connectivity index (χ0n) is 26.1. The van der Waals surface area contributed by atoms with Crippen molar-refractivity contribution in [3.8, 4) is 0 Å². The summed E-state index contributed by atoms with van der Waals surface area (Å²) in [6, 6.07) is 0. The highest BCUT2D eigenvalue weighted by atomic mass is 32.2. The van der Waals surface area contributed by atoms with Gasteiger partial charge in [-0.1, -0.05) is 103 Å². The van der Waals surface area contributed by atoms with E-state index in [1.165, 1.54) is 122 Å². The molecule has 1 heterocycles. The molecule has 0 amide bonds. The van der Waals surface area contributed by atoms with E-state index in [-0.39, 0.29) is 19.1 Å². The summed E-state index contributed by atoms with van der Waals surface area (Å²) in [5, 5.41) is 0. The van der Waals surface area contributed by atoms with Crippen LogP contribution in [0.3, 0.4) is 0 Å². The van der Waals surface area contributed by atoms with Gasteiger partial charge in [-0.2, -0.15) is 11.8 Å². The van der Waals surface area contributed by atoms with E-state index < -0.39 is 7.82 Å². The van der Waals surface area contributed by atoms with Crippen molar-refractivity contribution in [3.05, 3.63) is 0 Å². The molecule has 0 radical (unpaired) electrons. The topological polar surface area (TPSA) is 65.0 Å². The number of phosphoric ester groups is 1. The van der Waals surface area contributed by atoms with Crippen LogP contribution >= 0.6 is 19.6 Å². The first-order chi connectivity index (χ1) is 18.9. The van der Waals surface area contributed by atoms with Crippen molar-refractivity contribution in [1.82, 2.24) is 0 Å². The van der Waals surface area contributed by atoms with Crippen LogP contribution in [-0.2, 0) is 18.3 Å². The molecule has 1 aliphatic heterocycles. The molecular weight excluding hydrogens is 529 g/mol. The molecule has 0 aromatic rings. The predicted octanol–water partition coefficient (Wildman–Crippen LogP) is 9.01. The summed E-state index contributed by atoms with van der Waals surface area (Å²) < 4.78 is 29.2. The third-order valence-electron chi connectivity index (χ3n) is 8.15. The number of methoxy groups -OCH3 is 1. The molecule has 6 nitrogen and oxygen atoms in total. The Bertz CT molecular complexity index is 591. The lowest BCUT2D eigenvalue weighted by Gasteiger charge is -2.37. The molecule has 234 valence electrons. The number of quaternary nitrogens is 1. The Hall–Kier alpha value is 0.380. The van der Waals surface area contributed by atoms with Crippen LogP contribution in [0.1, 0.15) is 129 Å². The molecule has 1 fully saturated rings. The molecule has 0 saturated carbocycles. The summed E-state index contributed by atoms with van der Waals surface area (Å²) >= 11 is 1.90. The number of hydrogen-bond acceptors (Lipinski definition) is 5. The summed E-state index contributed by atoms with van der Waals surface area (Å²) in [6.45, 7) is 6.25. The fraction of sp³-hybridized carbons (Fsp3) is 1.00. The van der Waals surface area contributed by atoms with E-state index in [9.17, 15) is 9.46 Å². The van der Waals surface area contributed by atoms with Crippen LogP contribution in [0.2, 0.25) is 0 Å². The highest BCUT2D eigenvalue weighted by Crippen LogP contribution is 2.43. The number of phosphoric acid groups is 1. The van der Waals surface area contributed by atoms with E-state index in [1.807, 2.05) is 11.8 Å². The summed E-state index contributed by atoms with van der Waals surface area (Å²) in [6.07, 6.45) is 26.0. The van der Waals surface area contributed by atoms with Crippen molar-refractivity contribution in [2.24, 2.45) is 5.92 Å². The average Bonchev–Trinajstić information content (AvgIpc) is 2.91. The Morgan fingerprint density at radius 2 is 1.28 bits per heavy atom.